The van der Waals surface area contributed by atoms with E-state index in [0.29, 0.717) is 0 Å². The van der Waals surface area contributed by atoms with Gasteiger partial charge in [-0.25, -0.2) is 0 Å². The number of carbonyl (C=O) groups excluding carboxylic acids is 2. The monoisotopic (exact) mass is 362 g/mol. The molecule has 2 amide bonds. The zero-order valence-electron chi connectivity index (χ0n) is 10.2. The predicted molar refractivity (Wildman–Crippen MR) is 76.1 cm³/mol. The van der Waals surface area contributed by atoms with E-state index in [1.807, 2.05) is 22.6 Å². The van der Waals surface area contributed by atoms with Crippen LogP contribution in [0.15, 0.2) is 18.2 Å². The van der Waals surface area contributed by atoms with Crippen molar-refractivity contribution in [1.29, 1.82) is 0 Å². The molecule has 4 N–H and O–H groups in total. The zero-order valence-corrected chi connectivity index (χ0v) is 12.3. The smallest absolute Gasteiger partial charge is 0.255 e. The summed E-state index contributed by atoms with van der Waals surface area (Å²) in [6, 6.07) is 4.72. The first kappa shape index (κ1) is 14.7. The number of benzene rings is 1. The number of phenols is 1. The van der Waals surface area contributed by atoms with Crippen LogP contribution in [0.4, 0.5) is 0 Å². The van der Waals surface area contributed by atoms with Crippen LogP contribution in [0.5, 0.6) is 5.75 Å². The second-order valence-electron chi connectivity index (χ2n) is 4.59. The van der Waals surface area contributed by atoms with E-state index in [0.717, 1.165) is 3.57 Å². The predicted octanol–water partition coefficient (Wildman–Crippen LogP) is 1.24. The fourth-order valence-electron chi connectivity index (χ4n) is 1.17. The van der Waals surface area contributed by atoms with E-state index in [-0.39, 0.29) is 17.9 Å². The molecular weight excluding hydrogens is 347 g/mol. The molecule has 0 bridgehead atoms. The highest BCUT2D eigenvalue weighted by Gasteiger charge is 2.26. The number of amides is 2. The molecule has 0 fully saturated rings. The van der Waals surface area contributed by atoms with Crippen molar-refractivity contribution in [3.8, 4) is 5.75 Å². The van der Waals surface area contributed by atoms with Crippen LogP contribution in [0.25, 0.3) is 0 Å². The number of nitrogens with one attached hydrogen (secondary N) is 1. The first-order valence-corrected chi connectivity index (χ1v) is 6.38. The molecule has 0 aromatic heterocycles. The fourth-order valence-corrected chi connectivity index (χ4v) is 1.66. The van der Waals surface area contributed by atoms with Gasteiger partial charge in [-0.05, 0) is 54.6 Å². The maximum absolute atomic E-state index is 11.9. The molecule has 1 rings (SSSR count). The third kappa shape index (κ3) is 3.59. The Labute approximate surface area is 119 Å². The Hall–Kier alpha value is -1.31. The Bertz CT molecular complexity index is 486. The highest BCUT2D eigenvalue weighted by molar-refractivity contribution is 14.1. The van der Waals surface area contributed by atoms with E-state index in [4.69, 9.17) is 5.73 Å². The lowest BCUT2D eigenvalue weighted by Crippen LogP contribution is -2.42. The molecule has 6 heteroatoms. The van der Waals surface area contributed by atoms with Gasteiger partial charge in [-0.3, -0.25) is 9.59 Å². The minimum absolute atomic E-state index is 0.0928. The summed E-state index contributed by atoms with van der Waals surface area (Å²) in [7, 11) is 0. The van der Waals surface area contributed by atoms with Gasteiger partial charge >= 0.3 is 0 Å². The molecule has 0 heterocycles. The Kier molecular flexibility index (Phi) is 4.55. The number of nitrogens with two attached hydrogens (primary N) is 1. The largest absolute Gasteiger partial charge is 0.507 e. The number of halogens is 1. The zero-order chi connectivity index (χ0) is 13.9. The molecule has 18 heavy (non-hydrogen) atoms. The van der Waals surface area contributed by atoms with E-state index >= 15 is 0 Å². The van der Waals surface area contributed by atoms with Gasteiger partial charge in [0, 0.05) is 10.1 Å². The van der Waals surface area contributed by atoms with Gasteiger partial charge in [0.2, 0.25) is 5.91 Å². The maximum atomic E-state index is 11.9. The van der Waals surface area contributed by atoms with E-state index in [9.17, 15) is 14.7 Å². The molecular formula is C12H15IN2O3. The van der Waals surface area contributed by atoms with E-state index < -0.39 is 17.2 Å². The van der Waals surface area contributed by atoms with E-state index in [1.54, 1.807) is 26.0 Å². The second-order valence-corrected chi connectivity index (χ2v) is 5.84. The summed E-state index contributed by atoms with van der Waals surface area (Å²) in [6.45, 7) is 3.40. The second kappa shape index (κ2) is 5.55. The van der Waals surface area contributed by atoms with Crippen molar-refractivity contribution in [3.05, 3.63) is 27.3 Å². The highest BCUT2D eigenvalue weighted by Crippen LogP contribution is 2.20. The van der Waals surface area contributed by atoms with Crippen LogP contribution >= 0.6 is 22.6 Å². The van der Waals surface area contributed by atoms with Crippen molar-refractivity contribution in [3.63, 3.8) is 0 Å². The molecule has 5 nitrogen and oxygen atoms in total. The first-order chi connectivity index (χ1) is 8.24. The van der Waals surface area contributed by atoms with Gasteiger partial charge in [0.05, 0.1) is 11.0 Å². The lowest BCUT2D eigenvalue weighted by molar-refractivity contribution is -0.125. The van der Waals surface area contributed by atoms with Crippen molar-refractivity contribution < 1.29 is 14.7 Å². The molecule has 0 aliphatic rings. The third-order valence-electron chi connectivity index (χ3n) is 2.56. The molecule has 0 saturated heterocycles. The molecule has 0 aliphatic heterocycles. The molecule has 0 saturated carbocycles. The average Bonchev–Trinajstić information content (AvgIpc) is 2.29. The quantitative estimate of drug-likeness (QED) is 0.704. The number of rotatable bonds is 4. The molecule has 0 unspecified atom stereocenters. The fraction of sp³-hybridized carbons (Fsp3) is 0.333. The van der Waals surface area contributed by atoms with Gasteiger partial charge in [-0.1, -0.05) is 0 Å². The van der Waals surface area contributed by atoms with Gasteiger partial charge in [0.15, 0.2) is 0 Å². The minimum Gasteiger partial charge on any atom is -0.507 e. The maximum Gasteiger partial charge on any atom is 0.255 e. The van der Waals surface area contributed by atoms with Crippen molar-refractivity contribution in [1.82, 2.24) is 5.32 Å². The summed E-state index contributed by atoms with van der Waals surface area (Å²) in [5.74, 6) is -1.01. The summed E-state index contributed by atoms with van der Waals surface area (Å²) < 4.78 is 0.838. The van der Waals surface area contributed by atoms with Crippen molar-refractivity contribution in [2.45, 2.75) is 13.8 Å². The molecule has 0 radical (unpaired) electrons. The van der Waals surface area contributed by atoms with E-state index in [1.165, 1.54) is 6.07 Å². The highest BCUT2D eigenvalue weighted by atomic mass is 127. The Morgan fingerprint density at radius 3 is 2.61 bits per heavy atom. The molecule has 1 aromatic rings. The van der Waals surface area contributed by atoms with Crippen LogP contribution < -0.4 is 11.1 Å². The number of primary amides is 1. The Morgan fingerprint density at radius 2 is 2.06 bits per heavy atom. The topological polar surface area (TPSA) is 92.4 Å². The lowest BCUT2D eigenvalue weighted by atomic mass is 9.92. The van der Waals surface area contributed by atoms with Crippen molar-refractivity contribution >= 4 is 34.4 Å². The van der Waals surface area contributed by atoms with Gasteiger partial charge in [0.25, 0.3) is 5.91 Å². The minimum atomic E-state index is -0.826. The van der Waals surface area contributed by atoms with Gasteiger partial charge < -0.3 is 16.2 Å². The number of aromatic hydroxyl groups is 1. The van der Waals surface area contributed by atoms with Crippen molar-refractivity contribution in [2.24, 2.45) is 11.1 Å². The number of hydrogen-bond acceptors (Lipinski definition) is 3. The molecule has 1 aromatic carbocycles. The van der Waals surface area contributed by atoms with Crippen LogP contribution in [0.2, 0.25) is 0 Å². The van der Waals surface area contributed by atoms with Crippen LogP contribution in [0.3, 0.4) is 0 Å². The van der Waals surface area contributed by atoms with E-state index in [2.05, 4.69) is 5.32 Å². The standard InChI is InChI=1S/C12H15IN2O3/c1-12(2,11(14)18)6-15-10(17)8-5-7(13)3-4-9(8)16/h3-5,16H,6H2,1-2H3,(H2,14,18)(H,15,17). The van der Waals surface area contributed by atoms with Crippen LogP contribution in [0.1, 0.15) is 24.2 Å². The van der Waals surface area contributed by atoms with Gasteiger partial charge in [-0.15, -0.1) is 0 Å². The Balaban J connectivity index is 2.78. The lowest BCUT2D eigenvalue weighted by Gasteiger charge is -2.20. The summed E-state index contributed by atoms with van der Waals surface area (Å²) in [5.41, 5.74) is 4.56. The van der Waals surface area contributed by atoms with Crippen LogP contribution in [-0.4, -0.2) is 23.5 Å². The van der Waals surface area contributed by atoms with Gasteiger partial charge in [-0.2, -0.15) is 0 Å². The third-order valence-corrected chi connectivity index (χ3v) is 3.23. The van der Waals surface area contributed by atoms with Crippen LogP contribution in [0, 0.1) is 8.99 Å². The normalized spacial score (nSPS) is 11.1. The first-order valence-electron chi connectivity index (χ1n) is 5.30. The number of hydrogen-bond donors (Lipinski definition) is 3. The SMILES string of the molecule is CC(C)(CNC(=O)c1cc(I)ccc1O)C(N)=O. The summed E-state index contributed by atoms with van der Waals surface area (Å²) in [6.07, 6.45) is 0. The van der Waals surface area contributed by atoms with Crippen molar-refractivity contribution in [2.75, 3.05) is 6.54 Å². The Morgan fingerprint density at radius 1 is 1.44 bits per heavy atom. The summed E-state index contributed by atoms with van der Waals surface area (Å²) >= 11 is 2.05. The molecule has 98 valence electrons. The average molecular weight is 362 g/mol. The molecule has 0 atom stereocenters. The summed E-state index contributed by atoms with van der Waals surface area (Å²) in [4.78, 5) is 23.0. The molecule has 0 aliphatic carbocycles. The van der Waals surface area contributed by atoms with Gasteiger partial charge in [0.1, 0.15) is 5.75 Å². The molecule has 0 spiro atoms. The number of phenolic OH excluding ortho intramolecular Hbond substituents is 1. The number of carbonyl (C=O) groups is 2. The van der Waals surface area contributed by atoms with Crippen LogP contribution in [-0.2, 0) is 4.79 Å². The summed E-state index contributed by atoms with van der Waals surface area (Å²) in [5, 5.41) is 12.2.